The lowest BCUT2D eigenvalue weighted by molar-refractivity contribution is 0.103. The van der Waals surface area contributed by atoms with Crippen molar-refractivity contribution in [3.8, 4) is 0 Å². The van der Waals surface area contributed by atoms with E-state index in [0.717, 1.165) is 21.7 Å². The number of hydrogen-bond acceptors (Lipinski definition) is 4. The number of thiophene rings is 1. The van der Waals surface area contributed by atoms with Gasteiger partial charge >= 0.3 is 0 Å². The molecule has 0 radical (unpaired) electrons. The quantitative estimate of drug-likeness (QED) is 0.772. The van der Waals surface area contributed by atoms with E-state index in [9.17, 15) is 4.79 Å². The maximum absolute atomic E-state index is 12.0. The highest BCUT2D eigenvalue weighted by Gasteiger charge is 2.09. The lowest BCUT2D eigenvalue weighted by Crippen LogP contribution is -2.09. The number of amides is 1. The van der Waals surface area contributed by atoms with Crippen molar-refractivity contribution in [2.24, 2.45) is 0 Å². The van der Waals surface area contributed by atoms with Crippen molar-refractivity contribution >= 4 is 34.0 Å². The van der Waals surface area contributed by atoms with E-state index in [4.69, 9.17) is 4.42 Å². The third kappa shape index (κ3) is 2.37. The number of nitrogens with zero attached hydrogens (tertiary/aromatic N) is 1. The molecule has 0 bridgehead atoms. The van der Waals surface area contributed by atoms with E-state index >= 15 is 0 Å². The van der Waals surface area contributed by atoms with Crippen molar-refractivity contribution < 1.29 is 9.21 Å². The number of oxazole rings is 1. The Morgan fingerprint density at radius 3 is 2.84 bits per heavy atom. The van der Waals surface area contributed by atoms with E-state index in [-0.39, 0.29) is 5.91 Å². The number of fused-ring (bicyclic) bond motifs is 1. The van der Waals surface area contributed by atoms with Crippen LogP contribution in [-0.4, -0.2) is 10.9 Å². The van der Waals surface area contributed by atoms with Gasteiger partial charge in [0, 0.05) is 17.5 Å². The van der Waals surface area contributed by atoms with Gasteiger partial charge in [-0.1, -0.05) is 0 Å². The summed E-state index contributed by atoms with van der Waals surface area (Å²) in [6.07, 6.45) is 0. The van der Waals surface area contributed by atoms with Gasteiger partial charge in [0.2, 0.25) is 0 Å². The summed E-state index contributed by atoms with van der Waals surface area (Å²) in [5, 5.41) is 2.86. The van der Waals surface area contributed by atoms with Gasteiger partial charge in [-0.15, -0.1) is 11.3 Å². The van der Waals surface area contributed by atoms with Gasteiger partial charge in [-0.05, 0) is 37.3 Å². The fourth-order valence-corrected chi connectivity index (χ4v) is 2.63. The zero-order valence-electron chi connectivity index (χ0n) is 10.6. The molecule has 0 fully saturated rings. The highest BCUT2D eigenvalue weighted by Crippen LogP contribution is 2.21. The molecule has 0 atom stereocenters. The number of anilines is 1. The maximum atomic E-state index is 12.0. The Labute approximate surface area is 114 Å². The molecule has 1 aromatic carbocycles. The molecule has 1 N–H and O–H groups in total. The summed E-state index contributed by atoms with van der Waals surface area (Å²) in [6, 6.07) is 9.19. The Balaban J connectivity index is 1.86. The molecule has 2 aromatic heterocycles. The molecule has 2 heterocycles. The first-order valence-electron chi connectivity index (χ1n) is 5.87. The molecule has 0 spiro atoms. The Bertz CT molecular complexity index is 758. The van der Waals surface area contributed by atoms with Gasteiger partial charge in [0.15, 0.2) is 11.5 Å². The zero-order valence-corrected chi connectivity index (χ0v) is 11.4. The van der Waals surface area contributed by atoms with Crippen LogP contribution in [0.4, 0.5) is 5.69 Å². The Morgan fingerprint density at radius 1 is 1.26 bits per heavy atom. The van der Waals surface area contributed by atoms with Gasteiger partial charge in [-0.3, -0.25) is 4.79 Å². The number of aromatic nitrogens is 1. The highest BCUT2D eigenvalue weighted by atomic mass is 32.1. The molecule has 0 unspecified atom stereocenters. The predicted octanol–water partition coefficient (Wildman–Crippen LogP) is 3.76. The van der Waals surface area contributed by atoms with E-state index in [1.807, 2.05) is 37.3 Å². The smallest absolute Gasteiger partial charge is 0.265 e. The van der Waals surface area contributed by atoms with Crippen LogP contribution in [0.3, 0.4) is 0 Å². The van der Waals surface area contributed by atoms with Crippen molar-refractivity contribution in [1.29, 1.82) is 0 Å². The van der Waals surface area contributed by atoms with Crippen LogP contribution in [0.15, 0.2) is 34.7 Å². The molecule has 0 saturated carbocycles. The molecule has 96 valence electrons. The van der Waals surface area contributed by atoms with Crippen LogP contribution in [0.1, 0.15) is 20.4 Å². The second kappa shape index (κ2) is 4.51. The van der Waals surface area contributed by atoms with E-state index in [1.165, 1.54) is 11.3 Å². The van der Waals surface area contributed by atoms with Crippen LogP contribution in [-0.2, 0) is 0 Å². The second-order valence-electron chi connectivity index (χ2n) is 4.28. The number of carbonyl (C=O) groups is 1. The van der Waals surface area contributed by atoms with Gasteiger partial charge in [0.05, 0.1) is 4.88 Å². The van der Waals surface area contributed by atoms with Gasteiger partial charge in [-0.2, -0.15) is 0 Å². The summed E-state index contributed by atoms with van der Waals surface area (Å²) in [7, 11) is 0. The molecule has 0 saturated heterocycles. The lowest BCUT2D eigenvalue weighted by Gasteiger charge is -2.02. The minimum Gasteiger partial charge on any atom is -0.441 e. The summed E-state index contributed by atoms with van der Waals surface area (Å²) in [5.74, 6) is 0.519. The molecule has 4 nitrogen and oxygen atoms in total. The third-order valence-corrected chi connectivity index (χ3v) is 3.72. The molecule has 3 aromatic rings. The van der Waals surface area contributed by atoms with Crippen molar-refractivity contribution in [1.82, 2.24) is 4.98 Å². The first-order chi connectivity index (χ1) is 9.11. The van der Waals surface area contributed by atoms with Crippen LogP contribution in [0.5, 0.6) is 0 Å². The van der Waals surface area contributed by atoms with Crippen LogP contribution in [0.2, 0.25) is 0 Å². The van der Waals surface area contributed by atoms with E-state index in [1.54, 1.807) is 6.92 Å². The molecule has 0 aliphatic rings. The molecule has 0 aliphatic heterocycles. The Hall–Kier alpha value is -2.14. The summed E-state index contributed by atoms with van der Waals surface area (Å²) in [6.45, 7) is 3.78. The molecule has 1 amide bonds. The summed E-state index contributed by atoms with van der Waals surface area (Å²) >= 11 is 1.48. The summed E-state index contributed by atoms with van der Waals surface area (Å²) < 4.78 is 5.39. The number of rotatable bonds is 2. The van der Waals surface area contributed by atoms with Crippen LogP contribution in [0.25, 0.3) is 11.1 Å². The summed E-state index contributed by atoms with van der Waals surface area (Å²) in [5.41, 5.74) is 2.19. The van der Waals surface area contributed by atoms with Crippen LogP contribution < -0.4 is 5.32 Å². The minimum absolute atomic E-state index is 0.0994. The number of aryl methyl sites for hydroxylation is 2. The summed E-state index contributed by atoms with van der Waals surface area (Å²) in [4.78, 5) is 18.1. The van der Waals surface area contributed by atoms with Gasteiger partial charge in [0.25, 0.3) is 5.91 Å². The number of benzene rings is 1. The van der Waals surface area contributed by atoms with Crippen molar-refractivity contribution in [3.05, 3.63) is 46.0 Å². The average Bonchev–Trinajstić information content (AvgIpc) is 2.93. The molecular formula is C14H12N2O2S. The largest absolute Gasteiger partial charge is 0.441 e. The lowest BCUT2D eigenvalue weighted by atomic mass is 10.3. The fourth-order valence-electron chi connectivity index (χ4n) is 1.87. The standard InChI is InChI=1S/C14H12N2O2S/c1-8-3-6-13(19-8)14(17)16-10-4-5-12-11(7-10)15-9(2)18-12/h3-7H,1-2H3,(H,16,17). The van der Waals surface area contributed by atoms with Gasteiger partial charge < -0.3 is 9.73 Å². The first-order valence-corrected chi connectivity index (χ1v) is 6.68. The maximum Gasteiger partial charge on any atom is 0.265 e. The molecule has 0 aliphatic carbocycles. The normalized spacial score (nSPS) is 10.8. The SMILES string of the molecule is Cc1nc2cc(NC(=O)c3ccc(C)s3)ccc2o1. The fraction of sp³-hybridized carbons (Fsp3) is 0.143. The average molecular weight is 272 g/mol. The highest BCUT2D eigenvalue weighted by molar-refractivity contribution is 7.14. The van der Waals surface area contributed by atoms with Gasteiger partial charge in [0.1, 0.15) is 5.52 Å². The third-order valence-electron chi connectivity index (χ3n) is 2.72. The zero-order chi connectivity index (χ0) is 13.4. The monoisotopic (exact) mass is 272 g/mol. The Kier molecular flexibility index (Phi) is 2.83. The molecule has 3 rings (SSSR count). The number of carbonyl (C=O) groups excluding carboxylic acids is 1. The van der Waals surface area contributed by atoms with Gasteiger partial charge in [-0.25, -0.2) is 4.98 Å². The van der Waals surface area contributed by atoms with Crippen molar-refractivity contribution in [2.75, 3.05) is 5.32 Å². The van der Waals surface area contributed by atoms with E-state index in [2.05, 4.69) is 10.3 Å². The molecular weight excluding hydrogens is 260 g/mol. The van der Waals surface area contributed by atoms with Crippen LogP contribution >= 0.6 is 11.3 Å². The topological polar surface area (TPSA) is 55.1 Å². The van der Waals surface area contributed by atoms with Crippen molar-refractivity contribution in [2.45, 2.75) is 13.8 Å². The molecule has 19 heavy (non-hydrogen) atoms. The molecule has 5 heteroatoms. The Morgan fingerprint density at radius 2 is 2.11 bits per heavy atom. The first kappa shape index (κ1) is 11.9. The van der Waals surface area contributed by atoms with E-state index in [0.29, 0.717) is 10.8 Å². The predicted molar refractivity (Wildman–Crippen MR) is 75.8 cm³/mol. The number of nitrogens with one attached hydrogen (secondary N) is 1. The second-order valence-corrected chi connectivity index (χ2v) is 5.57. The van der Waals surface area contributed by atoms with Crippen molar-refractivity contribution in [3.63, 3.8) is 0 Å². The minimum atomic E-state index is -0.0994. The van der Waals surface area contributed by atoms with E-state index < -0.39 is 0 Å². The van der Waals surface area contributed by atoms with Crippen LogP contribution in [0, 0.1) is 13.8 Å². The number of hydrogen-bond donors (Lipinski definition) is 1.